The molecule has 0 bridgehead atoms. The first-order chi connectivity index (χ1) is 25.5. The van der Waals surface area contributed by atoms with E-state index >= 15 is 0 Å². The fraction of sp³-hybridized carbons (Fsp3) is 0.500. The van der Waals surface area contributed by atoms with Crippen LogP contribution in [-0.4, -0.2) is 71.0 Å². The molecule has 0 unspecified atom stereocenters. The van der Waals surface area contributed by atoms with Gasteiger partial charge < -0.3 is 20.3 Å². The fourth-order valence-corrected chi connectivity index (χ4v) is 9.80. The number of nitrogens with zero attached hydrogens (tertiary/aromatic N) is 2. The Labute approximate surface area is 321 Å². The van der Waals surface area contributed by atoms with Crippen molar-refractivity contribution < 1.29 is 45.1 Å². The van der Waals surface area contributed by atoms with Gasteiger partial charge in [-0.1, -0.05) is 52.3 Å². The maximum Gasteiger partial charge on any atom is 0.416 e. The summed E-state index contributed by atoms with van der Waals surface area (Å²) in [6.07, 6.45) is 1.54. The molecule has 1 saturated heterocycles. The van der Waals surface area contributed by atoms with Crippen LogP contribution in [0, 0.1) is 11.7 Å². The second-order valence-corrected chi connectivity index (χ2v) is 18.8. The first-order valence-corrected chi connectivity index (χ1v) is 20.8. The van der Waals surface area contributed by atoms with Crippen molar-refractivity contribution in [1.29, 1.82) is 0 Å². The minimum atomic E-state index is -4.84. The van der Waals surface area contributed by atoms with E-state index in [-0.39, 0.29) is 31.5 Å². The standard InChI is InChI=1S/C36H38BrF4N5O6S2/c1-34(11-12-34)54(50,51)45-32(49)35-18-20(35)7-5-3-2-4-6-8-27(42-24-14-21(36(39,40)41)13-23(38)16-24)31(48)46-19-25(17-28(46)30(47)44-35)52-33-43-26-10-9-22(37)15-29(26)53-33/h5,7,9-10,13-16,20,25,27-28,42H,2-4,6,8,11-12,17-19H2,1H3,(H,44,47)(H,45,49)/b7-5-/t20-,25-,27+,28+,35-/m1/s1. The third-order valence-electron chi connectivity index (χ3n) is 10.6. The second kappa shape index (κ2) is 14.4. The number of alkyl halides is 3. The van der Waals surface area contributed by atoms with Crippen LogP contribution in [0.5, 0.6) is 5.19 Å². The number of carbonyl (C=O) groups excluding carboxylic acids is 3. The van der Waals surface area contributed by atoms with Crippen LogP contribution in [-0.2, 0) is 30.6 Å². The van der Waals surface area contributed by atoms with Crippen LogP contribution in [0.2, 0.25) is 0 Å². The van der Waals surface area contributed by atoms with Gasteiger partial charge in [0.15, 0.2) is 0 Å². The molecular weight excluding hydrogens is 818 g/mol. The first-order valence-electron chi connectivity index (χ1n) is 17.7. The topological polar surface area (TPSA) is 147 Å². The lowest BCUT2D eigenvalue weighted by Crippen LogP contribution is -2.58. The van der Waals surface area contributed by atoms with E-state index in [1.807, 2.05) is 18.2 Å². The number of hydrogen-bond acceptors (Lipinski definition) is 9. The summed E-state index contributed by atoms with van der Waals surface area (Å²) in [5.74, 6) is -3.85. The molecule has 2 aliphatic carbocycles. The molecule has 3 fully saturated rings. The molecule has 3 N–H and O–H groups in total. The molecule has 11 nitrogen and oxygen atoms in total. The molecular formula is C36H38BrF4N5O6S2. The molecule has 54 heavy (non-hydrogen) atoms. The van der Waals surface area contributed by atoms with Crippen LogP contribution in [0.4, 0.5) is 23.2 Å². The summed E-state index contributed by atoms with van der Waals surface area (Å²) in [5, 5.41) is 5.91. The summed E-state index contributed by atoms with van der Waals surface area (Å²) in [5.41, 5.74) is -2.39. The van der Waals surface area contributed by atoms with Gasteiger partial charge in [0.25, 0.3) is 11.1 Å². The lowest BCUT2D eigenvalue weighted by atomic mass is 10.0. The fourth-order valence-electron chi connectivity index (χ4n) is 7.05. The van der Waals surface area contributed by atoms with Gasteiger partial charge in [0.05, 0.1) is 27.1 Å². The van der Waals surface area contributed by atoms with Crippen LogP contribution in [0.3, 0.4) is 0 Å². The van der Waals surface area contributed by atoms with E-state index < -0.39 is 79.7 Å². The van der Waals surface area contributed by atoms with Crippen molar-refractivity contribution in [2.75, 3.05) is 11.9 Å². The molecule has 18 heteroatoms. The summed E-state index contributed by atoms with van der Waals surface area (Å²) in [4.78, 5) is 48.4. The SMILES string of the molecule is CC1(S(=O)(=O)NC(=O)[C@@]23C[C@H]2/C=C\CCCCC[C@H](Nc2cc(F)cc(C(F)(F)F)c2)C(=O)N2C[C@H](Oc4nc5ccc(Br)cc5s4)C[C@H]2C(=O)N3)CC1. The lowest BCUT2D eigenvalue weighted by Gasteiger charge is -2.30. The Morgan fingerprint density at radius 2 is 1.91 bits per heavy atom. The van der Waals surface area contributed by atoms with E-state index in [1.54, 1.807) is 19.1 Å². The van der Waals surface area contributed by atoms with E-state index in [0.29, 0.717) is 55.3 Å². The molecule has 3 amide bonds. The van der Waals surface area contributed by atoms with Gasteiger partial charge in [-0.25, -0.2) is 17.8 Å². The Bertz CT molecular complexity index is 2130. The third-order valence-corrected chi connectivity index (χ3v) is 14.2. The smallest absolute Gasteiger partial charge is 0.416 e. The van der Waals surface area contributed by atoms with Crippen LogP contribution < -0.4 is 20.1 Å². The molecule has 0 spiro atoms. The number of sulfonamides is 1. The zero-order valence-corrected chi connectivity index (χ0v) is 32.3. The number of carbonyl (C=O) groups is 3. The maximum absolute atomic E-state index is 14.5. The number of amides is 3. The minimum absolute atomic E-state index is 0.0311. The number of fused-ring (bicyclic) bond motifs is 3. The molecule has 2 saturated carbocycles. The average Bonchev–Trinajstić information content (AvgIpc) is 3.91. The highest BCUT2D eigenvalue weighted by molar-refractivity contribution is 9.10. The molecule has 0 radical (unpaired) electrons. The van der Waals surface area contributed by atoms with E-state index in [2.05, 4.69) is 36.3 Å². The minimum Gasteiger partial charge on any atom is -0.465 e. The van der Waals surface area contributed by atoms with Crippen LogP contribution >= 0.6 is 27.3 Å². The third kappa shape index (κ3) is 7.96. The Morgan fingerprint density at radius 3 is 2.65 bits per heavy atom. The number of halogens is 5. The van der Waals surface area contributed by atoms with Crippen molar-refractivity contribution >= 4 is 70.9 Å². The number of rotatable bonds is 7. The summed E-state index contributed by atoms with van der Waals surface area (Å²) >= 11 is 4.70. The molecule has 1 aromatic heterocycles. The Balaban J connectivity index is 1.20. The summed E-state index contributed by atoms with van der Waals surface area (Å²) in [7, 11) is -4.04. The van der Waals surface area contributed by atoms with Gasteiger partial charge in [-0.2, -0.15) is 13.2 Å². The summed E-state index contributed by atoms with van der Waals surface area (Å²) in [6.45, 7) is 1.44. The zero-order valence-electron chi connectivity index (χ0n) is 29.0. The van der Waals surface area contributed by atoms with E-state index in [0.717, 1.165) is 21.3 Å². The highest BCUT2D eigenvalue weighted by atomic mass is 79.9. The van der Waals surface area contributed by atoms with Crippen LogP contribution in [0.15, 0.2) is 53.0 Å². The quantitative estimate of drug-likeness (QED) is 0.182. The van der Waals surface area contributed by atoms with Crippen molar-refractivity contribution in [3.63, 3.8) is 0 Å². The van der Waals surface area contributed by atoms with Gasteiger partial charge >= 0.3 is 6.18 Å². The number of hydrogen-bond donors (Lipinski definition) is 3. The van der Waals surface area contributed by atoms with Crippen LogP contribution in [0.25, 0.3) is 10.2 Å². The molecule has 5 atom stereocenters. The number of allylic oxidation sites excluding steroid dienone is 1. The van der Waals surface area contributed by atoms with Crippen molar-refractivity contribution in [1.82, 2.24) is 19.9 Å². The zero-order chi connectivity index (χ0) is 38.6. The highest BCUT2D eigenvalue weighted by Gasteiger charge is 2.63. The highest BCUT2D eigenvalue weighted by Crippen LogP contribution is 2.47. The molecule has 3 aromatic rings. The molecule has 2 aromatic carbocycles. The van der Waals surface area contributed by atoms with Crippen molar-refractivity contribution in [3.05, 3.63) is 64.4 Å². The van der Waals surface area contributed by atoms with Gasteiger partial charge in [0.1, 0.15) is 29.5 Å². The van der Waals surface area contributed by atoms with Crippen molar-refractivity contribution in [2.45, 2.75) is 99.4 Å². The number of nitrogens with one attached hydrogen (secondary N) is 3. The Kier molecular flexibility index (Phi) is 10.3. The number of thiazole rings is 1. The normalized spacial score (nSPS) is 27.9. The molecule has 7 rings (SSSR count). The summed E-state index contributed by atoms with van der Waals surface area (Å²) in [6, 6.07) is 5.11. The number of aromatic nitrogens is 1. The van der Waals surface area contributed by atoms with Gasteiger partial charge in [0, 0.05) is 22.5 Å². The van der Waals surface area contributed by atoms with E-state index in [9.17, 15) is 40.4 Å². The van der Waals surface area contributed by atoms with Crippen LogP contribution in [0.1, 0.15) is 70.3 Å². The molecule has 290 valence electrons. The average molecular weight is 857 g/mol. The first kappa shape index (κ1) is 38.5. The maximum atomic E-state index is 14.5. The second-order valence-electron chi connectivity index (χ2n) is 14.7. The molecule has 3 heterocycles. The largest absolute Gasteiger partial charge is 0.465 e. The monoisotopic (exact) mass is 855 g/mol. The Morgan fingerprint density at radius 1 is 1.13 bits per heavy atom. The Hall–Kier alpha value is -3.77. The predicted molar refractivity (Wildman–Crippen MR) is 197 cm³/mol. The van der Waals surface area contributed by atoms with Gasteiger partial charge in [-0.15, -0.1) is 0 Å². The molecule has 4 aliphatic rings. The molecule has 2 aliphatic heterocycles. The van der Waals surface area contributed by atoms with E-state index in [1.165, 1.54) is 16.2 Å². The van der Waals surface area contributed by atoms with Gasteiger partial charge in [-0.05, 0) is 81.8 Å². The predicted octanol–water partition coefficient (Wildman–Crippen LogP) is 6.44. The summed E-state index contributed by atoms with van der Waals surface area (Å²) < 4.78 is 90.5. The number of anilines is 1. The van der Waals surface area contributed by atoms with E-state index in [4.69, 9.17) is 4.74 Å². The van der Waals surface area contributed by atoms with Crippen molar-refractivity contribution in [2.24, 2.45) is 5.92 Å². The van der Waals surface area contributed by atoms with Gasteiger partial charge in [-0.3, -0.25) is 19.1 Å². The van der Waals surface area contributed by atoms with Crippen molar-refractivity contribution in [3.8, 4) is 5.19 Å². The number of benzene rings is 2. The lowest BCUT2D eigenvalue weighted by molar-refractivity contribution is -0.140. The number of ether oxygens (including phenoxy) is 1. The van der Waals surface area contributed by atoms with Gasteiger partial charge in [0.2, 0.25) is 21.8 Å².